The summed E-state index contributed by atoms with van der Waals surface area (Å²) in [5, 5.41) is 3.39. The monoisotopic (exact) mass is 280 g/mol. The van der Waals surface area contributed by atoms with Crippen LogP contribution in [0, 0.1) is 0 Å². The Morgan fingerprint density at radius 2 is 1.74 bits per heavy atom. The van der Waals surface area contributed by atoms with Gasteiger partial charge in [0.1, 0.15) is 0 Å². The zero-order valence-corrected chi connectivity index (χ0v) is 12.1. The van der Waals surface area contributed by atoms with E-state index in [2.05, 4.69) is 17.4 Å². The average Bonchev–Trinajstić information content (AvgIpc) is 2.58. The molecule has 0 saturated carbocycles. The van der Waals surface area contributed by atoms with Crippen LogP contribution in [0.25, 0.3) is 0 Å². The Kier molecular flexibility index (Phi) is 3.27. The molecule has 2 heterocycles. The van der Waals surface area contributed by atoms with Gasteiger partial charge in [-0.2, -0.15) is 0 Å². The molecule has 1 N–H and O–H groups in total. The first-order chi connectivity index (χ1) is 9.05. The van der Waals surface area contributed by atoms with Crippen molar-refractivity contribution in [3.05, 3.63) is 28.8 Å². The van der Waals surface area contributed by atoms with E-state index in [-0.39, 0.29) is 0 Å². The number of fused-ring (bicyclic) bond motifs is 2. The molecular weight excluding hydrogens is 260 g/mol. The van der Waals surface area contributed by atoms with Gasteiger partial charge in [-0.15, -0.1) is 0 Å². The Hall–Kier alpha value is -1.07. The normalized spacial score (nSPS) is 19.5. The van der Waals surface area contributed by atoms with Crippen molar-refractivity contribution in [1.29, 1.82) is 0 Å². The smallest absolute Gasteiger partial charge is 0.232 e. The van der Waals surface area contributed by atoms with Crippen molar-refractivity contribution >= 4 is 15.7 Å². The van der Waals surface area contributed by atoms with Gasteiger partial charge in [-0.05, 0) is 61.5 Å². The van der Waals surface area contributed by atoms with E-state index in [4.69, 9.17) is 0 Å². The molecule has 0 saturated heterocycles. The molecule has 0 amide bonds. The maximum Gasteiger partial charge on any atom is 0.232 e. The highest BCUT2D eigenvalue weighted by atomic mass is 32.2. The van der Waals surface area contributed by atoms with E-state index in [9.17, 15) is 8.42 Å². The molecule has 2 aliphatic heterocycles. The summed E-state index contributed by atoms with van der Waals surface area (Å²) < 4.78 is 25.4. The first-order valence-corrected chi connectivity index (χ1v) is 8.73. The molecule has 0 bridgehead atoms. The Morgan fingerprint density at radius 3 is 2.42 bits per heavy atom. The molecule has 0 radical (unpaired) electrons. The fourth-order valence-electron chi connectivity index (χ4n) is 3.07. The molecule has 1 aromatic carbocycles. The zero-order chi connectivity index (χ0) is 13.5. The summed E-state index contributed by atoms with van der Waals surface area (Å²) in [6.07, 6.45) is 5.23. The van der Waals surface area contributed by atoms with Crippen LogP contribution >= 0.6 is 0 Å². The highest BCUT2D eigenvalue weighted by Crippen LogP contribution is 2.32. The fraction of sp³-hybridized carbons (Fsp3) is 0.571. The van der Waals surface area contributed by atoms with Gasteiger partial charge in [-0.25, -0.2) is 8.42 Å². The van der Waals surface area contributed by atoms with Crippen molar-refractivity contribution in [3.8, 4) is 0 Å². The number of anilines is 1. The number of nitrogens with one attached hydrogen (secondary N) is 1. The predicted molar refractivity (Wildman–Crippen MR) is 77.2 cm³/mol. The maximum absolute atomic E-state index is 11.9. The quantitative estimate of drug-likeness (QED) is 0.837. The minimum absolute atomic E-state index is 0.614. The first-order valence-electron chi connectivity index (χ1n) is 6.89. The average molecular weight is 280 g/mol. The Morgan fingerprint density at radius 1 is 1.05 bits per heavy atom. The summed E-state index contributed by atoms with van der Waals surface area (Å²) in [5.74, 6) is 0. The maximum atomic E-state index is 11.9. The van der Waals surface area contributed by atoms with E-state index < -0.39 is 10.0 Å². The predicted octanol–water partition coefficient (Wildman–Crippen LogP) is 1.09. The molecule has 0 aromatic heterocycles. The van der Waals surface area contributed by atoms with Crippen molar-refractivity contribution < 1.29 is 8.42 Å². The molecule has 5 heteroatoms. The van der Waals surface area contributed by atoms with E-state index in [1.165, 1.54) is 22.9 Å². The molecule has 19 heavy (non-hydrogen) atoms. The lowest BCUT2D eigenvalue weighted by Crippen LogP contribution is -2.34. The summed E-state index contributed by atoms with van der Waals surface area (Å²) in [5.41, 5.74) is 4.80. The highest BCUT2D eigenvalue weighted by molar-refractivity contribution is 7.92. The molecule has 0 spiro atoms. The van der Waals surface area contributed by atoms with Gasteiger partial charge < -0.3 is 5.32 Å². The topological polar surface area (TPSA) is 49.4 Å². The second-order valence-corrected chi connectivity index (χ2v) is 7.35. The van der Waals surface area contributed by atoms with Crippen LogP contribution in [0.3, 0.4) is 0 Å². The van der Waals surface area contributed by atoms with Gasteiger partial charge in [0.2, 0.25) is 10.0 Å². The number of rotatable bonds is 1. The third-order valence-electron chi connectivity index (χ3n) is 4.02. The third-order valence-corrected chi connectivity index (χ3v) is 5.20. The summed E-state index contributed by atoms with van der Waals surface area (Å²) in [7, 11) is -3.16. The Labute approximate surface area is 114 Å². The second kappa shape index (κ2) is 4.80. The molecular formula is C14H20N2O2S. The van der Waals surface area contributed by atoms with E-state index in [1.54, 1.807) is 4.31 Å². The molecule has 0 fully saturated rings. The SMILES string of the molecule is CS(=O)(=O)N1CCCc2cc3c(cc21)CCNCC3. The van der Waals surface area contributed by atoms with Crippen LogP contribution in [0.5, 0.6) is 0 Å². The number of benzene rings is 1. The van der Waals surface area contributed by atoms with Crippen LogP contribution in [0.4, 0.5) is 5.69 Å². The minimum Gasteiger partial charge on any atom is -0.316 e. The van der Waals surface area contributed by atoms with Crippen molar-refractivity contribution in [2.45, 2.75) is 25.7 Å². The van der Waals surface area contributed by atoms with Crippen molar-refractivity contribution in [1.82, 2.24) is 5.32 Å². The number of hydrogen-bond donors (Lipinski definition) is 1. The van der Waals surface area contributed by atoms with E-state index in [1.807, 2.05) is 0 Å². The van der Waals surface area contributed by atoms with Gasteiger partial charge in [0.15, 0.2) is 0 Å². The standard InChI is InChI=1S/C14H20N2O2S/c1-19(17,18)16-8-2-3-13-9-11-4-6-15-7-5-12(11)10-14(13)16/h9-10,15H,2-8H2,1H3. The van der Waals surface area contributed by atoms with Gasteiger partial charge in [0, 0.05) is 6.54 Å². The summed E-state index contributed by atoms with van der Waals surface area (Å²) in [6, 6.07) is 4.34. The molecule has 104 valence electrons. The molecule has 0 atom stereocenters. The van der Waals surface area contributed by atoms with Crippen LogP contribution in [-0.2, 0) is 29.3 Å². The first kappa shape index (κ1) is 12.9. The second-order valence-electron chi connectivity index (χ2n) is 5.44. The molecule has 2 aliphatic rings. The molecule has 0 unspecified atom stereocenters. The van der Waals surface area contributed by atoms with E-state index in [0.717, 1.165) is 44.5 Å². The lowest BCUT2D eigenvalue weighted by atomic mass is 9.94. The van der Waals surface area contributed by atoms with E-state index >= 15 is 0 Å². The Bertz CT molecular complexity index is 596. The molecule has 1 aromatic rings. The lowest BCUT2D eigenvalue weighted by molar-refractivity contribution is 0.592. The van der Waals surface area contributed by atoms with E-state index in [0.29, 0.717) is 6.54 Å². The molecule has 3 rings (SSSR count). The van der Waals surface area contributed by atoms with Crippen molar-refractivity contribution in [2.24, 2.45) is 0 Å². The van der Waals surface area contributed by atoms with Crippen molar-refractivity contribution in [3.63, 3.8) is 0 Å². The van der Waals surface area contributed by atoms with Crippen LogP contribution in [0.1, 0.15) is 23.1 Å². The van der Waals surface area contributed by atoms with Gasteiger partial charge >= 0.3 is 0 Å². The van der Waals surface area contributed by atoms with Crippen LogP contribution in [0.15, 0.2) is 12.1 Å². The zero-order valence-electron chi connectivity index (χ0n) is 11.3. The van der Waals surface area contributed by atoms with Gasteiger partial charge in [-0.1, -0.05) is 6.07 Å². The number of aryl methyl sites for hydroxylation is 1. The van der Waals surface area contributed by atoms with Crippen molar-refractivity contribution in [2.75, 3.05) is 30.2 Å². The number of sulfonamides is 1. The minimum atomic E-state index is -3.16. The fourth-order valence-corrected chi connectivity index (χ4v) is 4.06. The molecule has 0 aliphatic carbocycles. The number of hydrogen-bond acceptors (Lipinski definition) is 3. The summed E-state index contributed by atoms with van der Waals surface area (Å²) in [4.78, 5) is 0. The lowest BCUT2D eigenvalue weighted by Gasteiger charge is -2.30. The third kappa shape index (κ3) is 2.49. The Balaban J connectivity index is 2.09. The molecule has 4 nitrogen and oxygen atoms in total. The highest BCUT2D eigenvalue weighted by Gasteiger charge is 2.25. The van der Waals surface area contributed by atoms with Gasteiger partial charge in [0.25, 0.3) is 0 Å². The summed E-state index contributed by atoms with van der Waals surface area (Å²) in [6.45, 7) is 2.61. The largest absolute Gasteiger partial charge is 0.316 e. The van der Waals surface area contributed by atoms with Crippen LogP contribution in [-0.4, -0.2) is 34.3 Å². The van der Waals surface area contributed by atoms with Crippen LogP contribution in [0.2, 0.25) is 0 Å². The number of nitrogens with zero attached hydrogens (tertiary/aromatic N) is 1. The summed E-state index contributed by atoms with van der Waals surface area (Å²) >= 11 is 0. The van der Waals surface area contributed by atoms with Crippen LogP contribution < -0.4 is 9.62 Å². The van der Waals surface area contributed by atoms with Gasteiger partial charge in [-0.3, -0.25) is 4.31 Å². The van der Waals surface area contributed by atoms with Gasteiger partial charge in [0.05, 0.1) is 11.9 Å².